The third kappa shape index (κ3) is 4.12. The van der Waals surface area contributed by atoms with Gasteiger partial charge < -0.3 is 0 Å². The molecule has 0 aliphatic carbocycles. The standard InChI is InChI=1S/C14H18N4O3S2/c1-4-12-17-18-14(22-12)16-13(19)11-8-10(7-6-9(11)3)23(20,21)15-5-2/h6-8,15H,4-5H2,1-3H3,(H,16,18,19). The van der Waals surface area contributed by atoms with Gasteiger partial charge in [-0.1, -0.05) is 31.3 Å². The summed E-state index contributed by atoms with van der Waals surface area (Å²) in [6, 6.07) is 4.45. The fraction of sp³-hybridized carbons (Fsp3) is 0.357. The Morgan fingerprint density at radius 1 is 1.26 bits per heavy atom. The van der Waals surface area contributed by atoms with Crippen LogP contribution in [0, 0.1) is 6.92 Å². The highest BCUT2D eigenvalue weighted by Gasteiger charge is 2.18. The van der Waals surface area contributed by atoms with Gasteiger partial charge in [0.2, 0.25) is 15.2 Å². The number of rotatable bonds is 6. The third-order valence-electron chi connectivity index (χ3n) is 3.09. The molecule has 23 heavy (non-hydrogen) atoms. The van der Waals surface area contributed by atoms with Gasteiger partial charge in [0.05, 0.1) is 4.90 Å². The number of sulfonamides is 1. The van der Waals surface area contributed by atoms with E-state index in [4.69, 9.17) is 0 Å². The molecule has 124 valence electrons. The van der Waals surface area contributed by atoms with Crippen LogP contribution in [0.1, 0.15) is 34.8 Å². The molecule has 0 bridgehead atoms. The Morgan fingerprint density at radius 2 is 2.00 bits per heavy atom. The number of hydrogen-bond acceptors (Lipinski definition) is 6. The van der Waals surface area contributed by atoms with E-state index < -0.39 is 15.9 Å². The SMILES string of the molecule is CCNS(=O)(=O)c1ccc(C)c(C(=O)Nc2nnc(CC)s2)c1. The van der Waals surface area contributed by atoms with Gasteiger partial charge in [-0.05, 0) is 31.0 Å². The highest BCUT2D eigenvalue weighted by atomic mass is 32.2. The number of aromatic nitrogens is 2. The van der Waals surface area contributed by atoms with Crippen LogP contribution in [-0.4, -0.2) is 31.1 Å². The fourth-order valence-corrected chi connectivity index (χ4v) is 3.64. The molecule has 0 saturated heterocycles. The number of carbonyl (C=O) groups is 1. The summed E-state index contributed by atoms with van der Waals surface area (Å²) in [7, 11) is -3.61. The number of amides is 1. The zero-order chi connectivity index (χ0) is 17.0. The minimum absolute atomic E-state index is 0.0570. The second-order valence-electron chi connectivity index (χ2n) is 4.79. The van der Waals surface area contributed by atoms with E-state index in [1.165, 1.54) is 23.5 Å². The van der Waals surface area contributed by atoms with Crippen LogP contribution in [-0.2, 0) is 16.4 Å². The summed E-state index contributed by atoms with van der Waals surface area (Å²) in [5.41, 5.74) is 0.968. The van der Waals surface area contributed by atoms with Crippen LogP contribution < -0.4 is 10.0 Å². The number of aryl methyl sites for hydroxylation is 2. The van der Waals surface area contributed by atoms with E-state index in [0.29, 0.717) is 10.7 Å². The van der Waals surface area contributed by atoms with Gasteiger partial charge in [0.1, 0.15) is 5.01 Å². The van der Waals surface area contributed by atoms with E-state index in [-0.39, 0.29) is 17.0 Å². The molecule has 0 radical (unpaired) electrons. The van der Waals surface area contributed by atoms with Crippen LogP contribution in [0.15, 0.2) is 23.1 Å². The average Bonchev–Trinajstić information content (AvgIpc) is 2.95. The molecule has 9 heteroatoms. The topological polar surface area (TPSA) is 101 Å². The summed E-state index contributed by atoms with van der Waals surface area (Å²) in [6.45, 7) is 5.67. The number of carbonyl (C=O) groups excluding carboxylic acids is 1. The molecule has 0 saturated carbocycles. The van der Waals surface area contributed by atoms with Gasteiger partial charge in [-0.25, -0.2) is 13.1 Å². The maximum Gasteiger partial charge on any atom is 0.257 e. The van der Waals surface area contributed by atoms with Gasteiger partial charge in [-0.3, -0.25) is 10.1 Å². The molecule has 7 nitrogen and oxygen atoms in total. The Morgan fingerprint density at radius 3 is 2.61 bits per heavy atom. The lowest BCUT2D eigenvalue weighted by Gasteiger charge is -2.09. The molecule has 0 aliphatic rings. The van der Waals surface area contributed by atoms with Crippen molar-refractivity contribution in [2.45, 2.75) is 32.1 Å². The number of benzene rings is 1. The summed E-state index contributed by atoms with van der Waals surface area (Å²) in [6.07, 6.45) is 0.739. The Balaban J connectivity index is 2.29. The minimum Gasteiger partial charge on any atom is -0.296 e. The van der Waals surface area contributed by atoms with Crippen LogP contribution in [0.2, 0.25) is 0 Å². The average molecular weight is 354 g/mol. The molecule has 2 N–H and O–H groups in total. The number of anilines is 1. The molecule has 0 unspecified atom stereocenters. The number of nitrogens with zero attached hydrogens (tertiary/aromatic N) is 2. The normalized spacial score (nSPS) is 11.4. The first-order valence-electron chi connectivity index (χ1n) is 7.11. The summed E-state index contributed by atoms with van der Waals surface area (Å²) < 4.78 is 26.5. The Hall–Kier alpha value is -1.84. The molecule has 2 rings (SSSR count). The van der Waals surface area contributed by atoms with E-state index in [9.17, 15) is 13.2 Å². The lowest BCUT2D eigenvalue weighted by molar-refractivity contribution is 0.102. The summed E-state index contributed by atoms with van der Waals surface area (Å²) in [5.74, 6) is -0.408. The largest absolute Gasteiger partial charge is 0.296 e. The maximum absolute atomic E-state index is 12.4. The number of nitrogens with one attached hydrogen (secondary N) is 2. The lowest BCUT2D eigenvalue weighted by atomic mass is 10.1. The summed E-state index contributed by atoms with van der Waals surface area (Å²) in [4.78, 5) is 12.4. The predicted octanol–water partition coefficient (Wildman–Crippen LogP) is 1.96. The lowest BCUT2D eigenvalue weighted by Crippen LogP contribution is -2.24. The molecular weight excluding hydrogens is 336 g/mol. The van der Waals surface area contributed by atoms with Crippen LogP contribution in [0.25, 0.3) is 0 Å². The molecule has 0 aliphatic heterocycles. The van der Waals surface area contributed by atoms with Crippen LogP contribution in [0.5, 0.6) is 0 Å². The molecule has 1 heterocycles. The van der Waals surface area contributed by atoms with E-state index in [1.54, 1.807) is 19.9 Å². The zero-order valence-electron chi connectivity index (χ0n) is 13.1. The van der Waals surface area contributed by atoms with Crippen molar-refractivity contribution in [3.8, 4) is 0 Å². The summed E-state index contributed by atoms with van der Waals surface area (Å²) in [5, 5.41) is 11.7. The first-order chi connectivity index (χ1) is 10.9. The minimum atomic E-state index is -3.61. The monoisotopic (exact) mass is 354 g/mol. The van der Waals surface area contributed by atoms with Crippen molar-refractivity contribution >= 4 is 32.4 Å². The van der Waals surface area contributed by atoms with Crippen LogP contribution >= 0.6 is 11.3 Å². The van der Waals surface area contributed by atoms with Crippen molar-refractivity contribution in [1.29, 1.82) is 0 Å². The van der Waals surface area contributed by atoms with E-state index in [0.717, 1.165) is 11.4 Å². The van der Waals surface area contributed by atoms with Gasteiger partial charge in [-0.2, -0.15) is 0 Å². The van der Waals surface area contributed by atoms with E-state index >= 15 is 0 Å². The number of hydrogen-bond donors (Lipinski definition) is 2. The first-order valence-corrected chi connectivity index (χ1v) is 9.41. The Bertz CT molecular complexity index is 815. The highest BCUT2D eigenvalue weighted by Crippen LogP contribution is 2.20. The second kappa shape index (κ2) is 7.16. The van der Waals surface area contributed by atoms with Gasteiger partial charge in [0.15, 0.2) is 0 Å². The molecule has 0 spiro atoms. The maximum atomic E-state index is 12.4. The van der Waals surface area contributed by atoms with E-state index in [2.05, 4.69) is 20.2 Å². The van der Waals surface area contributed by atoms with Gasteiger partial charge in [0, 0.05) is 12.1 Å². The van der Waals surface area contributed by atoms with Crippen molar-refractivity contribution in [3.63, 3.8) is 0 Å². The molecule has 2 aromatic rings. The predicted molar refractivity (Wildman–Crippen MR) is 89.3 cm³/mol. The molecule has 1 amide bonds. The van der Waals surface area contributed by atoms with E-state index in [1.807, 2.05) is 6.92 Å². The third-order valence-corrected chi connectivity index (χ3v) is 5.61. The van der Waals surface area contributed by atoms with Gasteiger partial charge in [0.25, 0.3) is 5.91 Å². The molecule has 1 aromatic heterocycles. The van der Waals surface area contributed by atoms with Crippen molar-refractivity contribution in [1.82, 2.24) is 14.9 Å². The Kier molecular flexibility index (Phi) is 5.45. The smallest absolute Gasteiger partial charge is 0.257 e. The van der Waals surface area contributed by atoms with Crippen molar-refractivity contribution in [3.05, 3.63) is 34.3 Å². The molecule has 0 fully saturated rings. The zero-order valence-corrected chi connectivity index (χ0v) is 14.7. The molecule has 0 atom stereocenters. The summed E-state index contributed by atoms with van der Waals surface area (Å²) >= 11 is 1.29. The van der Waals surface area contributed by atoms with Crippen LogP contribution in [0.4, 0.5) is 5.13 Å². The van der Waals surface area contributed by atoms with Crippen LogP contribution in [0.3, 0.4) is 0 Å². The van der Waals surface area contributed by atoms with Crippen molar-refractivity contribution < 1.29 is 13.2 Å². The quantitative estimate of drug-likeness (QED) is 0.826. The first kappa shape index (κ1) is 17.5. The molecule has 1 aromatic carbocycles. The Labute approximate surface area is 139 Å². The second-order valence-corrected chi connectivity index (χ2v) is 7.62. The molecular formula is C14H18N4O3S2. The van der Waals surface area contributed by atoms with Gasteiger partial charge in [-0.15, -0.1) is 10.2 Å². The fourth-order valence-electron chi connectivity index (χ4n) is 1.90. The highest BCUT2D eigenvalue weighted by molar-refractivity contribution is 7.89. The van der Waals surface area contributed by atoms with Crippen molar-refractivity contribution in [2.75, 3.05) is 11.9 Å². The van der Waals surface area contributed by atoms with Crippen molar-refractivity contribution in [2.24, 2.45) is 0 Å². The van der Waals surface area contributed by atoms with Gasteiger partial charge >= 0.3 is 0 Å².